The molecule has 0 amide bonds. The van der Waals surface area contributed by atoms with E-state index in [4.69, 9.17) is 27.9 Å². The average Bonchev–Trinajstić information content (AvgIpc) is 3.07. The van der Waals surface area contributed by atoms with Gasteiger partial charge < -0.3 is 15.0 Å². The number of benzene rings is 1. The number of nitrogens with zero attached hydrogens (tertiary/aromatic N) is 4. The monoisotopic (exact) mass is 395 g/mol. The molecule has 1 aromatic heterocycles. The van der Waals surface area contributed by atoms with Crippen molar-refractivity contribution in [1.29, 1.82) is 0 Å². The molecule has 0 radical (unpaired) electrons. The molecule has 1 fully saturated rings. The molecule has 140 valence electrons. The zero-order valence-electron chi connectivity index (χ0n) is 15.0. The normalized spacial score (nSPS) is 18.2. The van der Waals surface area contributed by atoms with E-state index in [0.29, 0.717) is 23.2 Å². The van der Waals surface area contributed by atoms with Crippen LogP contribution in [-0.2, 0) is 18.2 Å². The van der Waals surface area contributed by atoms with Gasteiger partial charge in [-0.3, -0.25) is 9.67 Å². The number of aryl methyl sites for hydroxylation is 1. The second kappa shape index (κ2) is 8.75. The van der Waals surface area contributed by atoms with Gasteiger partial charge in [-0.2, -0.15) is 5.10 Å². The number of ether oxygens (including phenoxy) is 1. The van der Waals surface area contributed by atoms with Crippen molar-refractivity contribution in [3.05, 3.63) is 51.8 Å². The highest BCUT2D eigenvalue weighted by Gasteiger charge is 2.25. The quantitative estimate of drug-likeness (QED) is 0.638. The van der Waals surface area contributed by atoms with Crippen molar-refractivity contribution in [2.75, 3.05) is 33.3 Å². The Balaban J connectivity index is 1.58. The average molecular weight is 396 g/mol. The number of hydrogen-bond donors (Lipinski definition) is 1. The molecule has 1 aliphatic rings. The summed E-state index contributed by atoms with van der Waals surface area (Å²) in [6.07, 6.45) is 4.57. The Labute approximate surface area is 163 Å². The molecule has 3 rings (SSSR count). The predicted molar refractivity (Wildman–Crippen MR) is 105 cm³/mol. The third kappa shape index (κ3) is 4.50. The summed E-state index contributed by atoms with van der Waals surface area (Å²) in [6.45, 7) is 2.88. The largest absolute Gasteiger partial charge is 0.370 e. The van der Waals surface area contributed by atoms with E-state index < -0.39 is 0 Å². The fourth-order valence-electron chi connectivity index (χ4n) is 3.05. The summed E-state index contributed by atoms with van der Waals surface area (Å²) < 4.78 is 7.68. The Morgan fingerprint density at radius 2 is 2.15 bits per heavy atom. The Morgan fingerprint density at radius 1 is 1.38 bits per heavy atom. The lowest BCUT2D eigenvalue weighted by atomic mass is 10.1. The number of nitrogens with one attached hydrogen (secondary N) is 1. The molecule has 0 saturated carbocycles. The molecule has 1 atom stereocenters. The first-order chi connectivity index (χ1) is 12.6. The van der Waals surface area contributed by atoms with Gasteiger partial charge in [-0.15, -0.1) is 0 Å². The zero-order chi connectivity index (χ0) is 18.5. The molecular weight excluding hydrogens is 373 g/mol. The first kappa shape index (κ1) is 19.0. The fourth-order valence-corrected chi connectivity index (χ4v) is 3.64. The van der Waals surface area contributed by atoms with E-state index in [-0.39, 0.29) is 6.10 Å². The lowest BCUT2D eigenvalue weighted by Gasteiger charge is -2.34. The zero-order valence-corrected chi connectivity index (χ0v) is 16.5. The molecular formula is C18H23Cl2N5O. The number of hydrogen-bond acceptors (Lipinski definition) is 3. The fraction of sp³-hybridized carbons (Fsp3) is 0.444. The number of guanidine groups is 1. The number of morpholine rings is 1. The van der Waals surface area contributed by atoms with Gasteiger partial charge in [-0.1, -0.05) is 29.3 Å². The van der Waals surface area contributed by atoms with Crippen molar-refractivity contribution in [1.82, 2.24) is 20.0 Å². The van der Waals surface area contributed by atoms with Gasteiger partial charge in [-0.05, 0) is 24.1 Å². The number of halogens is 2. The summed E-state index contributed by atoms with van der Waals surface area (Å²) in [5.74, 6) is 0.852. The van der Waals surface area contributed by atoms with Crippen molar-refractivity contribution in [3.8, 4) is 0 Å². The van der Waals surface area contributed by atoms with Crippen LogP contribution in [0.4, 0.5) is 0 Å². The minimum Gasteiger partial charge on any atom is -0.370 e. The van der Waals surface area contributed by atoms with E-state index in [1.165, 1.54) is 0 Å². The molecule has 1 N–H and O–H groups in total. The summed E-state index contributed by atoms with van der Waals surface area (Å²) in [5, 5.41) is 9.01. The van der Waals surface area contributed by atoms with Crippen molar-refractivity contribution in [2.24, 2.45) is 12.0 Å². The molecule has 0 aliphatic carbocycles. The molecule has 1 aromatic carbocycles. The van der Waals surface area contributed by atoms with Crippen LogP contribution in [0.3, 0.4) is 0 Å². The first-order valence-corrected chi connectivity index (χ1v) is 9.32. The molecule has 6 nitrogen and oxygen atoms in total. The predicted octanol–water partition coefficient (Wildman–Crippen LogP) is 2.92. The van der Waals surface area contributed by atoms with Crippen molar-refractivity contribution < 1.29 is 4.74 Å². The Morgan fingerprint density at radius 3 is 2.81 bits per heavy atom. The second-order valence-electron chi connectivity index (χ2n) is 6.18. The van der Waals surface area contributed by atoms with E-state index in [1.54, 1.807) is 11.7 Å². The van der Waals surface area contributed by atoms with Crippen LogP contribution in [0, 0.1) is 0 Å². The minimum atomic E-state index is -0.00554. The van der Waals surface area contributed by atoms with Crippen molar-refractivity contribution >= 4 is 29.2 Å². The maximum Gasteiger partial charge on any atom is 0.193 e. The highest BCUT2D eigenvalue weighted by atomic mass is 35.5. The van der Waals surface area contributed by atoms with Gasteiger partial charge in [0, 0.05) is 49.0 Å². The van der Waals surface area contributed by atoms with Gasteiger partial charge >= 0.3 is 0 Å². The van der Waals surface area contributed by atoms with Crippen LogP contribution in [0.25, 0.3) is 0 Å². The van der Waals surface area contributed by atoms with Crippen LogP contribution in [0.5, 0.6) is 0 Å². The number of aromatic nitrogens is 2. The molecule has 2 aromatic rings. The maximum absolute atomic E-state index is 6.24. The summed E-state index contributed by atoms with van der Waals surface area (Å²) in [4.78, 5) is 6.61. The van der Waals surface area contributed by atoms with Gasteiger partial charge in [0.1, 0.15) is 6.10 Å². The molecule has 1 saturated heterocycles. The highest BCUT2D eigenvalue weighted by Crippen LogP contribution is 2.24. The van der Waals surface area contributed by atoms with Gasteiger partial charge in [0.15, 0.2) is 5.96 Å². The van der Waals surface area contributed by atoms with Crippen LogP contribution in [0.2, 0.25) is 10.0 Å². The smallest absolute Gasteiger partial charge is 0.193 e. The van der Waals surface area contributed by atoms with E-state index in [1.807, 2.05) is 37.6 Å². The number of aliphatic imine (C=N–C) groups is 1. The SMILES string of the molecule is CN=C(NCCc1c(Cl)cccc1Cl)N1CCOC(c2cnn(C)c2)C1. The van der Waals surface area contributed by atoms with Crippen LogP contribution in [-0.4, -0.2) is 53.9 Å². The summed E-state index contributed by atoms with van der Waals surface area (Å²) >= 11 is 12.5. The van der Waals surface area contributed by atoms with Crippen molar-refractivity contribution in [2.45, 2.75) is 12.5 Å². The first-order valence-electron chi connectivity index (χ1n) is 8.57. The molecule has 0 bridgehead atoms. The molecule has 1 unspecified atom stereocenters. The maximum atomic E-state index is 6.24. The van der Waals surface area contributed by atoms with Gasteiger partial charge in [0.05, 0.1) is 19.3 Å². The highest BCUT2D eigenvalue weighted by molar-refractivity contribution is 6.35. The minimum absolute atomic E-state index is 0.00554. The molecule has 8 heteroatoms. The van der Waals surface area contributed by atoms with E-state index in [0.717, 1.165) is 36.6 Å². The molecule has 26 heavy (non-hydrogen) atoms. The van der Waals surface area contributed by atoms with Crippen LogP contribution >= 0.6 is 23.2 Å². The third-order valence-electron chi connectivity index (χ3n) is 4.39. The summed E-state index contributed by atoms with van der Waals surface area (Å²) in [5.41, 5.74) is 2.03. The second-order valence-corrected chi connectivity index (χ2v) is 6.99. The Hall–Kier alpha value is -1.76. The topological polar surface area (TPSA) is 54.7 Å². The van der Waals surface area contributed by atoms with Gasteiger partial charge in [0.25, 0.3) is 0 Å². The Kier molecular flexibility index (Phi) is 6.40. The summed E-state index contributed by atoms with van der Waals surface area (Å²) in [6, 6.07) is 5.57. The molecule has 1 aliphatic heterocycles. The molecule has 2 heterocycles. The van der Waals surface area contributed by atoms with Crippen LogP contribution in [0.15, 0.2) is 35.6 Å². The standard InChI is InChI=1S/C18H23Cl2N5O/c1-21-18(22-7-6-14-15(19)4-3-5-16(14)20)25-8-9-26-17(12-25)13-10-23-24(2)11-13/h3-5,10-11,17H,6-9,12H2,1-2H3,(H,21,22). The van der Waals surface area contributed by atoms with Crippen LogP contribution < -0.4 is 5.32 Å². The third-order valence-corrected chi connectivity index (χ3v) is 5.10. The number of rotatable bonds is 4. The van der Waals surface area contributed by atoms with Crippen LogP contribution in [0.1, 0.15) is 17.2 Å². The summed E-state index contributed by atoms with van der Waals surface area (Å²) in [7, 11) is 3.70. The Bertz CT molecular complexity index is 756. The van der Waals surface area contributed by atoms with Gasteiger partial charge in [0.2, 0.25) is 0 Å². The van der Waals surface area contributed by atoms with Crippen molar-refractivity contribution in [3.63, 3.8) is 0 Å². The van der Waals surface area contributed by atoms with E-state index in [9.17, 15) is 0 Å². The lowest BCUT2D eigenvalue weighted by Crippen LogP contribution is -2.48. The van der Waals surface area contributed by atoms with E-state index in [2.05, 4.69) is 20.3 Å². The lowest BCUT2D eigenvalue weighted by molar-refractivity contribution is -0.00800. The van der Waals surface area contributed by atoms with E-state index >= 15 is 0 Å². The van der Waals surface area contributed by atoms with Gasteiger partial charge in [-0.25, -0.2) is 0 Å². The molecule has 0 spiro atoms.